The van der Waals surface area contributed by atoms with Crippen LogP contribution in [0.15, 0.2) is 36.4 Å². The molecule has 1 atom stereocenters. The fourth-order valence-corrected chi connectivity index (χ4v) is 4.38. The number of ether oxygens (including phenoxy) is 1. The van der Waals surface area contributed by atoms with Gasteiger partial charge in [-0.1, -0.05) is 26.3 Å². The minimum atomic E-state index is -1.13. The van der Waals surface area contributed by atoms with Crippen LogP contribution in [0.25, 0.3) is 11.1 Å². The molecule has 1 aliphatic rings. The van der Waals surface area contributed by atoms with Gasteiger partial charge in [0, 0.05) is 38.8 Å². The van der Waals surface area contributed by atoms with Crippen LogP contribution < -0.4 is 16.0 Å². The van der Waals surface area contributed by atoms with E-state index in [1.807, 2.05) is 13.0 Å². The number of carbonyl (C=O) groups excluding carboxylic acids is 3. The number of halogens is 3. The lowest BCUT2D eigenvalue weighted by molar-refractivity contribution is -0.121. The van der Waals surface area contributed by atoms with Gasteiger partial charge in [-0.15, -0.1) is 0 Å². The molecule has 0 spiro atoms. The molecule has 4 rings (SSSR count). The number of benzene rings is 2. The number of aromatic nitrogens is 1. The van der Waals surface area contributed by atoms with E-state index in [4.69, 9.17) is 0 Å². The topological polar surface area (TPSA) is 109 Å². The third-order valence-electron chi connectivity index (χ3n) is 6.33. The molecule has 11 heteroatoms. The van der Waals surface area contributed by atoms with Crippen molar-refractivity contribution < 1.29 is 32.3 Å². The molecular formula is C34H45F3N4O4. The fraction of sp³-hybridized carbons (Fsp3) is 0.412. The van der Waals surface area contributed by atoms with Crippen molar-refractivity contribution in [2.24, 2.45) is 0 Å². The summed E-state index contributed by atoms with van der Waals surface area (Å²) in [5.41, 5.74) is 4.65. The third-order valence-corrected chi connectivity index (χ3v) is 6.33. The van der Waals surface area contributed by atoms with Gasteiger partial charge >= 0.3 is 0 Å². The van der Waals surface area contributed by atoms with Gasteiger partial charge in [0.25, 0.3) is 0 Å². The number of methoxy groups -OCH3 is 1. The molecule has 3 aromatic rings. The largest absolute Gasteiger partial charge is 0.385 e. The molecule has 2 heterocycles. The van der Waals surface area contributed by atoms with Crippen LogP contribution >= 0.6 is 0 Å². The number of fused-ring (bicyclic) bond motifs is 1. The molecule has 0 bridgehead atoms. The average Bonchev–Trinajstić information content (AvgIpc) is 3.47. The first kappa shape index (κ1) is 39.1. The third kappa shape index (κ3) is 12.5. The standard InChI is InChI=1S/C20H21F3N2O2.C8H8N2O.C3H8O.C3H8/c1-11-6-14(21)7-12(2)19(11)13-8-15(20(23)16(22)9-13)17(4-5-26)25-18(27)10-24-3;11-5-7-2-1-6-3-9-4-8(6)10-7;1-3-4-2;1-3-2/h5-9,17,24H,4,10H2,1-3H3,(H,25,27);1-2,5,9H,3-4H2;3H2,1-2H3;3H2,1-2H3. The first-order valence-electron chi connectivity index (χ1n) is 14.8. The number of likely N-dealkylation sites (N-methyl/N-ethyl adjacent to an activating group) is 1. The highest BCUT2D eigenvalue weighted by Crippen LogP contribution is 2.33. The number of pyridine rings is 1. The van der Waals surface area contributed by atoms with Crippen molar-refractivity contribution in [2.45, 2.75) is 66.6 Å². The molecule has 0 saturated carbocycles. The first-order valence-corrected chi connectivity index (χ1v) is 14.8. The van der Waals surface area contributed by atoms with Crippen molar-refractivity contribution in [3.63, 3.8) is 0 Å². The van der Waals surface area contributed by atoms with Gasteiger partial charge in [-0.2, -0.15) is 0 Å². The second kappa shape index (κ2) is 20.9. The summed E-state index contributed by atoms with van der Waals surface area (Å²) in [7, 11) is 3.25. The van der Waals surface area contributed by atoms with E-state index in [9.17, 15) is 27.6 Å². The minimum absolute atomic E-state index is 0.0324. The monoisotopic (exact) mass is 630 g/mol. The zero-order valence-corrected chi connectivity index (χ0v) is 27.2. The Balaban J connectivity index is 0.000000457. The normalized spacial score (nSPS) is 11.8. The Morgan fingerprint density at radius 1 is 1.04 bits per heavy atom. The number of amides is 1. The van der Waals surface area contributed by atoms with Crippen LogP contribution in [0.1, 0.15) is 78.1 Å². The van der Waals surface area contributed by atoms with E-state index in [1.165, 1.54) is 30.2 Å². The number of aryl methyl sites for hydroxylation is 2. The molecule has 1 unspecified atom stereocenters. The molecule has 246 valence electrons. The van der Waals surface area contributed by atoms with Crippen molar-refractivity contribution in [1.82, 2.24) is 20.9 Å². The van der Waals surface area contributed by atoms with Gasteiger partial charge in [0.15, 0.2) is 17.9 Å². The molecule has 0 aliphatic carbocycles. The van der Waals surface area contributed by atoms with Gasteiger partial charge in [-0.05, 0) is 86.0 Å². The summed E-state index contributed by atoms with van der Waals surface area (Å²) >= 11 is 0. The van der Waals surface area contributed by atoms with Crippen LogP contribution in [-0.4, -0.2) is 50.8 Å². The average molecular weight is 631 g/mol. The lowest BCUT2D eigenvalue weighted by atomic mass is 9.92. The molecule has 8 nitrogen and oxygen atoms in total. The molecule has 1 aromatic heterocycles. The molecule has 1 amide bonds. The predicted molar refractivity (Wildman–Crippen MR) is 170 cm³/mol. The molecule has 45 heavy (non-hydrogen) atoms. The second-order valence-corrected chi connectivity index (χ2v) is 10.2. The Kier molecular flexibility index (Phi) is 18.2. The van der Waals surface area contributed by atoms with Crippen molar-refractivity contribution >= 4 is 18.5 Å². The summed E-state index contributed by atoms with van der Waals surface area (Å²) in [5, 5.41) is 8.33. The maximum Gasteiger partial charge on any atom is 0.234 e. The summed E-state index contributed by atoms with van der Waals surface area (Å²) in [5.74, 6) is -3.12. The molecule has 2 aromatic carbocycles. The SMILES string of the molecule is CCC.CCOC.CNCC(=O)NC(CC=O)c1cc(-c2c(C)cc(F)cc2C)cc(F)c1F.O=Cc1ccc2c(n1)CNC2. The Morgan fingerprint density at radius 3 is 2.20 bits per heavy atom. The number of rotatable bonds is 9. The van der Waals surface area contributed by atoms with Crippen LogP contribution in [-0.2, 0) is 27.4 Å². The molecular weight excluding hydrogens is 585 g/mol. The van der Waals surface area contributed by atoms with E-state index in [2.05, 4.69) is 39.5 Å². The van der Waals surface area contributed by atoms with E-state index in [0.29, 0.717) is 34.2 Å². The first-order chi connectivity index (χ1) is 21.5. The highest BCUT2D eigenvalue weighted by Gasteiger charge is 2.23. The quantitative estimate of drug-likeness (QED) is 0.252. The number of hydrogen-bond acceptors (Lipinski definition) is 7. The molecule has 3 N–H and O–H groups in total. The van der Waals surface area contributed by atoms with Gasteiger partial charge in [0.2, 0.25) is 5.91 Å². The van der Waals surface area contributed by atoms with Gasteiger partial charge < -0.3 is 25.5 Å². The van der Waals surface area contributed by atoms with Crippen LogP contribution in [0.3, 0.4) is 0 Å². The number of carbonyl (C=O) groups is 3. The van der Waals surface area contributed by atoms with Crippen LogP contribution in [0.5, 0.6) is 0 Å². The lowest BCUT2D eigenvalue weighted by Crippen LogP contribution is -2.35. The van der Waals surface area contributed by atoms with Crippen molar-refractivity contribution in [2.75, 3.05) is 27.3 Å². The van der Waals surface area contributed by atoms with E-state index in [0.717, 1.165) is 37.7 Å². The fourth-order valence-electron chi connectivity index (χ4n) is 4.38. The second-order valence-electron chi connectivity index (χ2n) is 10.2. The van der Waals surface area contributed by atoms with Gasteiger partial charge in [-0.25, -0.2) is 18.2 Å². The molecule has 0 radical (unpaired) electrons. The summed E-state index contributed by atoms with van der Waals surface area (Å²) in [6.07, 6.45) is 2.35. The summed E-state index contributed by atoms with van der Waals surface area (Å²) < 4.78 is 46.9. The van der Waals surface area contributed by atoms with Gasteiger partial charge in [-0.3, -0.25) is 9.59 Å². The summed E-state index contributed by atoms with van der Waals surface area (Å²) in [6.45, 7) is 12.0. The van der Waals surface area contributed by atoms with Crippen LogP contribution in [0, 0.1) is 31.3 Å². The number of hydrogen-bond donors (Lipinski definition) is 3. The van der Waals surface area contributed by atoms with Gasteiger partial charge in [0.05, 0.1) is 18.3 Å². The van der Waals surface area contributed by atoms with E-state index in [-0.39, 0.29) is 18.5 Å². The smallest absolute Gasteiger partial charge is 0.234 e. The maximum absolute atomic E-state index is 14.5. The molecule has 1 aliphatic heterocycles. The summed E-state index contributed by atoms with van der Waals surface area (Å²) in [6, 6.07) is 7.71. The molecule has 0 fully saturated rings. The van der Waals surface area contributed by atoms with Crippen molar-refractivity contribution in [3.8, 4) is 11.1 Å². The zero-order chi connectivity index (χ0) is 33.9. The number of nitrogens with one attached hydrogen (secondary N) is 3. The van der Waals surface area contributed by atoms with Crippen LogP contribution in [0.2, 0.25) is 0 Å². The van der Waals surface area contributed by atoms with E-state index < -0.39 is 29.4 Å². The Hall–Kier alpha value is -3.93. The highest BCUT2D eigenvalue weighted by molar-refractivity contribution is 5.79. The highest BCUT2D eigenvalue weighted by atomic mass is 19.2. The van der Waals surface area contributed by atoms with Crippen molar-refractivity contribution in [1.29, 1.82) is 0 Å². The van der Waals surface area contributed by atoms with Gasteiger partial charge in [0.1, 0.15) is 17.8 Å². The van der Waals surface area contributed by atoms with Crippen molar-refractivity contribution in [3.05, 3.63) is 87.5 Å². The maximum atomic E-state index is 14.5. The number of aldehydes is 2. The Labute approximate surface area is 264 Å². The predicted octanol–water partition coefficient (Wildman–Crippen LogP) is 5.92. The minimum Gasteiger partial charge on any atom is -0.385 e. The van der Waals surface area contributed by atoms with Crippen LogP contribution in [0.4, 0.5) is 13.2 Å². The Morgan fingerprint density at radius 2 is 1.67 bits per heavy atom. The summed E-state index contributed by atoms with van der Waals surface area (Å²) in [4.78, 5) is 37.3. The van der Waals surface area contributed by atoms with E-state index in [1.54, 1.807) is 34.1 Å². The Bertz CT molecular complexity index is 1380. The number of nitrogens with zero attached hydrogens (tertiary/aromatic N) is 1. The molecule has 0 saturated heterocycles. The lowest BCUT2D eigenvalue weighted by Gasteiger charge is -2.20. The zero-order valence-electron chi connectivity index (χ0n) is 27.2. The van der Waals surface area contributed by atoms with E-state index >= 15 is 0 Å².